The van der Waals surface area contributed by atoms with E-state index >= 15 is 0 Å². The van der Waals surface area contributed by atoms with Crippen LogP contribution in [0.3, 0.4) is 0 Å². The van der Waals surface area contributed by atoms with E-state index in [9.17, 15) is 0 Å². The molecule has 2 aromatic heterocycles. The molecule has 0 fully saturated rings. The molecule has 3 heteroatoms. The van der Waals surface area contributed by atoms with Crippen LogP contribution in [0.4, 0.5) is 0 Å². The Kier molecular flexibility index (Phi) is 2.10. The number of rotatable bonds is 1. The first-order chi connectivity index (χ1) is 6.27. The summed E-state index contributed by atoms with van der Waals surface area (Å²) < 4.78 is 0. The predicted octanol–water partition coefficient (Wildman–Crippen LogP) is 2.82. The Bertz CT molecular complexity index is 406. The Morgan fingerprint density at radius 2 is 1.85 bits per heavy atom. The van der Waals surface area contributed by atoms with Crippen LogP contribution in [-0.4, -0.2) is 9.97 Å². The molecule has 0 N–H and O–H groups in total. The van der Waals surface area contributed by atoms with Gasteiger partial charge in [0.1, 0.15) is 0 Å². The second kappa shape index (κ2) is 3.26. The molecule has 2 rings (SSSR count). The van der Waals surface area contributed by atoms with Crippen LogP contribution in [0, 0.1) is 13.8 Å². The summed E-state index contributed by atoms with van der Waals surface area (Å²) in [7, 11) is 0. The summed E-state index contributed by atoms with van der Waals surface area (Å²) >= 11 is 1.73. The van der Waals surface area contributed by atoms with Gasteiger partial charge in [-0.25, -0.2) is 4.98 Å². The topological polar surface area (TPSA) is 25.8 Å². The van der Waals surface area contributed by atoms with Crippen LogP contribution in [-0.2, 0) is 0 Å². The Labute approximate surface area is 81.3 Å². The Hall–Kier alpha value is -1.22. The average molecular weight is 190 g/mol. The first kappa shape index (κ1) is 8.38. The molecule has 2 nitrogen and oxygen atoms in total. The number of aryl methyl sites for hydroxylation is 2. The van der Waals surface area contributed by atoms with E-state index in [1.807, 2.05) is 19.1 Å². The quantitative estimate of drug-likeness (QED) is 0.691. The van der Waals surface area contributed by atoms with Gasteiger partial charge in [0, 0.05) is 22.8 Å². The Morgan fingerprint density at radius 1 is 1.15 bits per heavy atom. The molecule has 2 heterocycles. The maximum Gasteiger partial charge on any atom is 0.0904 e. The summed E-state index contributed by atoms with van der Waals surface area (Å²) in [6.45, 7) is 4.13. The molecule has 0 radical (unpaired) electrons. The molecule has 0 aliphatic rings. The maximum absolute atomic E-state index is 4.47. The minimum atomic E-state index is 1.09. The largest absolute Gasteiger partial charge is 0.265 e. The van der Waals surface area contributed by atoms with E-state index in [1.165, 1.54) is 4.88 Å². The first-order valence-corrected chi connectivity index (χ1v) is 4.93. The van der Waals surface area contributed by atoms with E-state index in [1.54, 1.807) is 23.7 Å². The molecule has 0 spiro atoms. The molecule has 13 heavy (non-hydrogen) atoms. The van der Waals surface area contributed by atoms with Gasteiger partial charge in [-0.2, -0.15) is 0 Å². The van der Waals surface area contributed by atoms with Crippen LogP contribution < -0.4 is 0 Å². The second-order valence-corrected chi connectivity index (χ2v) is 4.28. The normalized spacial score (nSPS) is 10.3. The number of pyridine rings is 1. The van der Waals surface area contributed by atoms with Crippen LogP contribution in [0.25, 0.3) is 11.3 Å². The molecule has 0 aromatic carbocycles. The summed E-state index contributed by atoms with van der Waals surface area (Å²) in [6.07, 6.45) is 3.59. The molecule has 0 atom stereocenters. The van der Waals surface area contributed by atoms with Crippen molar-refractivity contribution < 1.29 is 0 Å². The molecular weight excluding hydrogens is 180 g/mol. The van der Waals surface area contributed by atoms with Gasteiger partial charge in [0.25, 0.3) is 0 Å². The van der Waals surface area contributed by atoms with E-state index < -0.39 is 0 Å². The van der Waals surface area contributed by atoms with Crippen molar-refractivity contribution >= 4 is 11.3 Å². The molecule has 0 aliphatic heterocycles. The third-order valence-electron chi connectivity index (χ3n) is 1.86. The van der Waals surface area contributed by atoms with Crippen molar-refractivity contribution in [2.24, 2.45) is 0 Å². The van der Waals surface area contributed by atoms with Crippen molar-refractivity contribution in [3.8, 4) is 11.3 Å². The van der Waals surface area contributed by atoms with E-state index in [-0.39, 0.29) is 0 Å². The van der Waals surface area contributed by atoms with Gasteiger partial charge in [-0.15, -0.1) is 11.3 Å². The molecule has 0 saturated carbocycles. The van der Waals surface area contributed by atoms with Gasteiger partial charge < -0.3 is 0 Å². The zero-order valence-electron chi connectivity index (χ0n) is 7.61. The molecule has 0 unspecified atom stereocenters. The fraction of sp³-hybridized carbons (Fsp3) is 0.200. The highest BCUT2D eigenvalue weighted by molar-refractivity contribution is 7.11. The lowest BCUT2D eigenvalue weighted by atomic mass is 10.2. The predicted molar refractivity (Wildman–Crippen MR) is 54.8 cm³/mol. The van der Waals surface area contributed by atoms with Gasteiger partial charge in [0.05, 0.1) is 10.7 Å². The molecule has 0 amide bonds. The van der Waals surface area contributed by atoms with Crippen LogP contribution in [0.5, 0.6) is 0 Å². The second-order valence-electron chi connectivity index (χ2n) is 2.87. The van der Waals surface area contributed by atoms with Crippen molar-refractivity contribution in [1.82, 2.24) is 9.97 Å². The third-order valence-corrected chi connectivity index (χ3v) is 2.74. The average Bonchev–Trinajstić information content (AvgIpc) is 2.47. The fourth-order valence-corrected chi connectivity index (χ4v) is 2.15. The molecule has 66 valence electrons. The van der Waals surface area contributed by atoms with Gasteiger partial charge in [-0.05, 0) is 26.0 Å². The zero-order valence-corrected chi connectivity index (χ0v) is 8.43. The van der Waals surface area contributed by atoms with Crippen LogP contribution >= 0.6 is 11.3 Å². The highest BCUT2D eigenvalue weighted by atomic mass is 32.1. The SMILES string of the molecule is Cc1nc(-c2ccncc2)c(C)s1. The number of hydrogen-bond donors (Lipinski definition) is 0. The van der Waals surface area contributed by atoms with Crippen molar-refractivity contribution in [2.75, 3.05) is 0 Å². The monoisotopic (exact) mass is 190 g/mol. The number of nitrogens with zero attached hydrogens (tertiary/aromatic N) is 2. The molecule has 2 aromatic rings. The fourth-order valence-electron chi connectivity index (χ4n) is 1.31. The maximum atomic E-state index is 4.47. The van der Waals surface area contributed by atoms with Crippen molar-refractivity contribution in [1.29, 1.82) is 0 Å². The first-order valence-electron chi connectivity index (χ1n) is 4.12. The van der Waals surface area contributed by atoms with Crippen LogP contribution in [0.15, 0.2) is 24.5 Å². The molecule has 0 bridgehead atoms. The molecule has 0 saturated heterocycles. The van der Waals surface area contributed by atoms with Gasteiger partial charge in [-0.3, -0.25) is 4.98 Å². The summed E-state index contributed by atoms with van der Waals surface area (Å²) in [5.41, 5.74) is 2.24. The summed E-state index contributed by atoms with van der Waals surface area (Å²) in [5.74, 6) is 0. The van der Waals surface area contributed by atoms with E-state index in [4.69, 9.17) is 0 Å². The molecule has 0 aliphatic carbocycles. The van der Waals surface area contributed by atoms with Gasteiger partial charge >= 0.3 is 0 Å². The minimum absolute atomic E-state index is 1.09. The molecular formula is C10H10N2S. The van der Waals surface area contributed by atoms with E-state index in [0.29, 0.717) is 0 Å². The number of hydrogen-bond acceptors (Lipinski definition) is 3. The summed E-state index contributed by atoms with van der Waals surface area (Å²) in [4.78, 5) is 9.72. The van der Waals surface area contributed by atoms with Crippen molar-refractivity contribution in [2.45, 2.75) is 13.8 Å². The Morgan fingerprint density at radius 3 is 2.38 bits per heavy atom. The number of aromatic nitrogens is 2. The van der Waals surface area contributed by atoms with Gasteiger partial charge in [0.15, 0.2) is 0 Å². The highest BCUT2D eigenvalue weighted by Crippen LogP contribution is 2.26. The minimum Gasteiger partial charge on any atom is -0.265 e. The lowest BCUT2D eigenvalue weighted by Gasteiger charge is -1.95. The Balaban J connectivity index is 2.53. The number of thiazole rings is 1. The standard InChI is InChI=1S/C10H10N2S/c1-7-10(12-8(2)13-7)9-3-5-11-6-4-9/h3-6H,1-2H3. The summed E-state index contributed by atoms with van der Waals surface area (Å²) in [5, 5.41) is 1.12. The smallest absolute Gasteiger partial charge is 0.0904 e. The lowest BCUT2D eigenvalue weighted by Crippen LogP contribution is -1.80. The van der Waals surface area contributed by atoms with Gasteiger partial charge in [0.2, 0.25) is 0 Å². The zero-order chi connectivity index (χ0) is 9.26. The third kappa shape index (κ3) is 1.60. The van der Waals surface area contributed by atoms with E-state index in [2.05, 4.69) is 16.9 Å². The summed E-state index contributed by atoms with van der Waals surface area (Å²) in [6, 6.07) is 3.98. The highest BCUT2D eigenvalue weighted by Gasteiger charge is 2.05. The van der Waals surface area contributed by atoms with E-state index in [0.717, 1.165) is 16.3 Å². The van der Waals surface area contributed by atoms with Gasteiger partial charge in [-0.1, -0.05) is 0 Å². The van der Waals surface area contributed by atoms with Crippen molar-refractivity contribution in [3.05, 3.63) is 34.4 Å². The lowest BCUT2D eigenvalue weighted by molar-refractivity contribution is 1.26. The van der Waals surface area contributed by atoms with Crippen LogP contribution in [0.1, 0.15) is 9.88 Å². The van der Waals surface area contributed by atoms with Crippen LogP contribution in [0.2, 0.25) is 0 Å². The van der Waals surface area contributed by atoms with Crippen molar-refractivity contribution in [3.63, 3.8) is 0 Å².